The van der Waals surface area contributed by atoms with E-state index in [1.54, 1.807) is 0 Å². The van der Waals surface area contributed by atoms with Crippen molar-refractivity contribution < 1.29 is 0 Å². The molecule has 0 saturated carbocycles. The Balaban J connectivity index is 1.23. The van der Waals surface area contributed by atoms with Crippen LogP contribution in [0.15, 0.2) is 157 Å². The standard InChI is InChI=1S/C45H32N2S/c1-45(2)39-17-8-6-15-33(39)35-26-38-37-24-29(20-22-43(37)46(44(38)27-40(35)45)30-11-4-3-5-12-30)28-19-21-42-36(23-28)34-16-7-9-18-41(34)47(42)31-13-10-14-32(48)25-31/h3-27,48H,1-2H3. The Morgan fingerprint density at radius 2 is 1.02 bits per heavy atom. The van der Waals surface area contributed by atoms with Gasteiger partial charge in [-0.3, -0.25) is 0 Å². The van der Waals surface area contributed by atoms with E-state index in [4.69, 9.17) is 0 Å². The van der Waals surface area contributed by atoms with Crippen molar-refractivity contribution in [1.82, 2.24) is 9.13 Å². The average molecular weight is 633 g/mol. The van der Waals surface area contributed by atoms with Gasteiger partial charge in [-0.1, -0.05) is 92.7 Å². The third-order valence-electron chi connectivity index (χ3n) is 10.6. The van der Waals surface area contributed by atoms with Crippen LogP contribution in [0, 0.1) is 0 Å². The molecule has 0 unspecified atom stereocenters. The summed E-state index contributed by atoms with van der Waals surface area (Å²) < 4.78 is 4.80. The summed E-state index contributed by atoms with van der Waals surface area (Å²) in [6, 6.07) is 55.6. The van der Waals surface area contributed by atoms with Crippen LogP contribution in [0.5, 0.6) is 0 Å². The Kier molecular flexibility index (Phi) is 5.75. The van der Waals surface area contributed by atoms with Gasteiger partial charge in [-0.2, -0.15) is 0 Å². The van der Waals surface area contributed by atoms with Gasteiger partial charge in [0.1, 0.15) is 0 Å². The summed E-state index contributed by atoms with van der Waals surface area (Å²) >= 11 is 4.65. The second-order valence-electron chi connectivity index (χ2n) is 13.6. The van der Waals surface area contributed by atoms with Crippen LogP contribution in [0.1, 0.15) is 25.0 Å². The molecule has 1 aliphatic carbocycles. The van der Waals surface area contributed by atoms with Gasteiger partial charge < -0.3 is 9.13 Å². The summed E-state index contributed by atoms with van der Waals surface area (Å²) in [6.45, 7) is 4.72. The van der Waals surface area contributed by atoms with Crippen molar-refractivity contribution in [2.24, 2.45) is 0 Å². The molecule has 0 spiro atoms. The van der Waals surface area contributed by atoms with Crippen LogP contribution in [-0.4, -0.2) is 9.13 Å². The van der Waals surface area contributed by atoms with E-state index < -0.39 is 0 Å². The second-order valence-corrected chi connectivity index (χ2v) is 14.1. The van der Waals surface area contributed by atoms with E-state index in [9.17, 15) is 0 Å². The highest BCUT2D eigenvalue weighted by molar-refractivity contribution is 7.80. The fourth-order valence-corrected chi connectivity index (χ4v) is 8.53. The minimum absolute atomic E-state index is 0.0635. The summed E-state index contributed by atoms with van der Waals surface area (Å²) in [7, 11) is 0. The molecule has 0 aliphatic heterocycles. The Bertz CT molecular complexity index is 2760. The molecule has 0 amide bonds. The highest BCUT2D eigenvalue weighted by atomic mass is 32.1. The molecular weight excluding hydrogens is 601 g/mol. The van der Waals surface area contributed by atoms with E-state index in [1.807, 2.05) is 6.07 Å². The van der Waals surface area contributed by atoms with Crippen LogP contribution in [0.2, 0.25) is 0 Å². The number of hydrogen-bond donors (Lipinski definition) is 1. The van der Waals surface area contributed by atoms with Gasteiger partial charge in [0.15, 0.2) is 0 Å². The van der Waals surface area contributed by atoms with E-state index in [0.29, 0.717) is 0 Å². The smallest absolute Gasteiger partial charge is 0.0544 e. The number of hydrogen-bond acceptors (Lipinski definition) is 1. The molecule has 48 heavy (non-hydrogen) atoms. The molecule has 9 aromatic rings. The van der Waals surface area contributed by atoms with Crippen molar-refractivity contribution in [3.63, 3.8) is 0 Å². The maximum absolute atomic E-state index is 4.65. The molecule has 1 aliphatic rings. The number of para-hydroxylation sites is 2. The van der Waals surface area contributed by atoms with Crippen molar-refractivity contribution >= 4 is 56.2 Å². The van der Waals surface area contributed by atoms with Crippen LogP contribution in [0.3, 0.4) is 0 Å². The van der Waals surface area contributed by atoms with Crippen molar-refractivity contribution in [3.8, 4) is 33.6 Å². The van der Waals surface area contributed by atoms with Crippen LogP contribution >= 0.6 is 12.6 Å². The van der Waals surface area contributed by atoms with Crippen LogP contribution < -0.4 is 0 Å². The number of benzene rings is 7. The quantitative estimate of drug-likeness (QED) is 0.186. The lowest BCUT2D eigenvalue weighted by Crippen LogP contribution is -2.14. The molecule has 10 rings (SSSR count). The first-order chi connectivity index (χ1) is 23.5. The highest BCUT2D eigenvalue weighted by Gasteiger charge is 2.36. The Morgan fingerprint density at radius 3 is 1.79 bits per heavy atom. The van der Waals surface area contributed by atoms with Gasteiger partial charge in [0.25, 0.3) is 0 Å². The predicted octanol–water partition coefficient (Wildman–Crippen LogP) is 12.1. The van der Waals surface area contributed by atoms with Crippen molar-refractivity contribution in [3.05, 3.63) is 163 Å². The molecule has 2 heterocycles. The zero-order valence-electron chi connectivity index (χ0n) is 26.8. The van der Waals surface area contributed by atoms with Gasteiger partial charge >= 0.3 is 0 Å². The third-order valence-corrected chi connectivity index (χ3v) is 10.9. The molecule has 7 aromatic carbocycles. The normalized spacial score (nSPS) is 13.5. The van der Waals surface area contributed by atoms with E-state index in [-0.39, 0.29) is 5.41 Å². The minimum atomic E-state index is -0.0635. The number of fused-ring (bicyclic) bond motifs is 9. The van der Waals surface area contributed by atoms with Crippen LogP contribution in [0.25, 0.3) is 77.2 Å². The lowest BCUT2D eigenvalue weighted by Gasteiger charge is -2.21. The summed E-state index contributed by atoms with van der Waals surface area (Å²) in [5.41, 5.74) is 15.0. The molecule has 0 N–H and O–H groups in total. The van der Waals surface area contributed by atoms with E-state index >= 15 is 0 Å². The maximum Gasteiger partial charge on any atom is 0.0544 e. The number of thiol groups is 1. The molecule has 3 heteroatoms. The van der Waals surface area contributed by atoms with Crippen molar-refractivity contribution in [1.29, 1.82) is 0 Å². The zero-order valence-corrected chi connectivity index (χ0v) is 27.7. The van der Waals surface area contributed by atoms with Gasteiger partial charge in [0.05, 0.1) is 22.1 Å². The lowest BCUT2D eigenvalue weighted by atomic mass is 9.82. The Hall–Kier alpha value is -5.51. The second kappa shape index (κ2) is 10.00. The van der Waals surface area contributed by atoms with Gasteiger partial charge in [0, 0.05) is 43.2 Å². The summed E-state index contributed by atoms with van der Waals surface area (Å²) in [4.78, 5) is 0.954. The van der Waals surface area contributed by atoms with E-state index in [1.165, 1.54) is 82.7 Å². The molecule has 0 saturated heterocycles. The maximum atomic E-state index is 4.65. The molecule has 228 valence electrons. The van der Waals surface area contributed by atoms with Gasteiger partial charge in [-0.25, -0.2) is 0 Å². The Labute approximate surface area is 284 Å². The zero-order chi connectivity index (χ0) is 32.1. The van der Waals surface area contributed by atoms with Gasteiger partial charge in [-0.15, -0.1) is 12.6 Å². The fourth-order valence-electron chi connectivity index (χ4n) is 8.31. The number of rotatable bonds is 3. The average Bonchev–Trinajstić information content (AvgIpc) is 3.70. The monoisotopic (exact) mass is 632 g/mol. The van der Waals surface area contributed by atoms with E-state index in [2.05, 4.69) is 181 Å². The fraction of sp³-hybridized carbons (Fsp3) is 0.0667. The lowest BCUT2D eigenvalue weighted by molar-refractivity contribution is 0.661. The summed E-state index contributed by atoms with van der Waals surface area (Å²) in [5.74, 6) is 0. The molecule has 0 radical (unpaired) electrons. The van der Waals surface area contributed by atoms with Gasteiger partial charge in [0.2, 0.25) is 0 Å². The SMILES string of the molecule is CC1(C)c2ccccc2-c2cc3c4cc(-c5ccc6c(c5)c5ccccc5n6-c5cccc(S)c5)ccc4n(-c4ccccc4)c3cc21. The minimum Gasteiger partial charge on any atom is -0.309 e. The summed E-state index contributed by atoms with van der Waals surface area (Å²) in [6.07, 6.45) is 0. The predicted molar refractivity (Wildman–Crippen MR) is 205 cm³/mol. The van der Waals surface area contributed by atoms with Crippen molar-refractivity contribution in [2.45, 2.75) is 24.2 Å². The number of nitrogens with zero attached hydrogens (tertiary/aromatic N) is 2. The first kappa shape index (κ1) is 27.6. The first-order valence-corrected chi connectivity index (χ1v) is 17.0. The molecule has 0 bridgehead atoms. The Morgan fingerprint density at radius 1 is 0.417 bits per heavy atom. The van der Waals surface area contributed by atoms with Crippen LogP contribution in [0.4, 0.5) is 0 Å². The molecule has 0 atom stereocenters. The molecular formula is C45H32N2S. The van der Waals surface area contributed by atoms with Crippen molar-refractivity contribution in [2.75, 3.05) is 0 Å². The number of aromatic nitrogens is 2. The molecule has 2 aromatic heterocycles. The largest absolute Gasteiger partial charge is 0.309 e. The van der Waals surface area contributed by atoms with E-state index in [0.717, 1.165) is 10.6 Å². The molecule has 0 fully saturated rings. The molecule has 2 nitrogen and oxygen atoms in total. The first-order valence-electron chi connectivity index (χ1n) is 16.6. The highest BCUT2D eigenvalue weighted by Crippen LogP contribution is 2.51. The van der Waals surface area contributed by atoms with Gasteiger partial charge in [-0.05, 0) is 106 Å². The topological polar surface area (TPSA) is 9.86 Å². The third kappa shape index (κ3) is 3.82. The van der Waals surface area contributed by atoms with Crippen LogP contribution in [-0.2, 0) is 5.41 Å². The summed E-state index contributed by atoms with van der Waals surface area (Å²) in [5, 5.41) is 5.05.